The molecule has 0 atom stereocenters. The van der Waals surface area contributed by atoms with Crippen molar-refractivity contribution in [2.24, 2.45) is 0 Å². The topological polar surface area (TPSA) is 70.4 Å². The van der Waals surface area contributed by atoms with Crippen LogP contribution < -0.4 is 10.3 Å². The minimum atomic E-state index is -4.52. The summed E-state index contributed by atoms with van der Waals surface area (Å²) in [6.45, 7) is 1.23. The van der Waals surface area contributed by atoms with Crippen molar-refractivity contribution < 1.29 is 31.8 Å². The van der Waals surface area contributed by atoms with Gasteiger partial charge in [-0.1, -0.05) is 12.1 Å². The maximum Gasteiger partial charge on any atom is 0.416 e. The molecule has 3 rings (SSSR count). The first-order chi connectivity index (χ1) is 14.7. The molecule has 162 valence electrons. The number of carbonyl (C=O) groups is 1. The quantitative estimate of drug-likeness (QED) is 0.429. The van der Waals surface area contributed by atoms with Gasteiger partial charge in [-0.15, -0.1) is 0 Å². The highest BCUT2D eigenvalue weighted by molar-refractivity contribution is 5.90. The van der Waals surface area contributed by atoms with Crippen LogP contribution in [0.2, 0.25) is 0 Å². The summed E-state index contributed by atoms with van der Waals surface area (Å²) in [5.74, 6) is -1.67. The molecular formula is C21H16F4N2O4. The van der Waals surface area contributed by atoms with Crippen LogP contribution in [0.3, 0.4) is 0 Å². The third kappa shape index (κ3) is 5.27. The number of ether oxygens (including phenoxy) is 2. The number of rotatable bonds is 6. The Kier molecular flexibility index (Phi) is 6.38. The highest BCUT2D eigenvalue weighted by Crippen LogP contribution is 2.30. The Morgan fingerprint density at radius 1 is 1.10 bits per heavy atom. The van der Waals surface area contributed by atoms with Gasteiger partial charge in [0.2, 0.25) is 5.69 Å². The first-order valence-corrected chi connectivity index (χ1v) is 9.05. The number of aromatic nitrogens is 2. The van der Waals surface area contributed by atoms with Crippen molar-refractivity contribution in [3.05, 3.63) is 87.6 Å². The fraction of sp³-hybridized carbons (Fsp3) is 0.190. The molecule has 0 aliphatic rings. The lowest BCUT2D eigenvalue weighted by molar-refractivity contribution is -0.137. The van der Waals surface area contributed by atoms with Crippen molar-refractivity contribution >= 4 is 5.97 Å². The average molecular weight is 436 g/mol. The third-order valence-electron chi connectivity index (χ3n) is 4.09. The summed E-state index contributed by atoms with van der Waals surface area (Å²) in [6.07, 6.45) is -4.52. The minimum Gasteiger partial charge on any atom is -0.486 e. The van der Waals surface area contributed by atoms with E-state index < -0.39 is 29.1 Å². The Morgan fingerprint density at radius 2 is 1.81 bits per heavy atom. The summed E-state index contributed by atoms with van der Waals surface area (Å²) in [5, 5.41) is 3.96. The lowest BCUT2D eigenvalue weighted by Gasteiger charge is -2.13. The Bertz CT molecular complexity index is 1140. The van der Waals surface area contributed by atoms with E-state index >= 15 is 0 Å². The lowest BCUT2D eigenvalue weighted by atomic mass is 10.1. The molecule has 0 bridgehead atoms. The van der Waals surface area contributed by atoms with Crippen molar-refractivity contribution in [3.8, 4) is 11.4 Å². The molecule has 0 fully saturated rings. The maximum atomic E-state index is 13.2. The van der Waals surface area contributed by atoms with Crippen molar-refractivity contribution in [2.75, 3.05) is 6.61 Å². The van der Waals surface area contributed by atoms with E-state index in [-0.39, 0.29) is 35.9 Å². The standard InChI is InChI=1S/C21H16F4N2O4/c1-2-30-20(29)19-17(31-12-13-4-3-5-14(10-13)21(23,24)25)11-18(28)27(26-19)16-8-6-15(22)7-9-16/h3-11H,2,12H2,1H3. The van der Waals surface area contributed by atoms with E-state index in [1.807, 2.05) is 0 Å². The van der Waals surface area contributed by atoms with Crippen LogP contribution in [0.4, 0.5) is 17.6 Å². The van der Waals surface area contributed by atoms with E-state index in [2.05, 4.69) is 5.10 Å². The number of esters is 1. The second-order valence-electron chi connectivity index (χ2n) is 6.29. The van der Waals surface area contributed by atoms with Crippen LogP contribution in [-0.4, -0.2) is 22.4 Å². The first kappa shape index (κ1) is 22.0. The Labute approximate surface area is 173 Å². The zero-order valence-corrected chi connectivity index (χ0v) is 16.1. The Hall–Kier alpha value is -3.69. The molecule has 31 heavy (non-hydrogen) atoms. The van der Waals surface area contributed by atoms with Gasteiger partial charge in [0.25, 0.3) is 5.56 Å². The Morgan fingerprint density at radius 3 is 2.45 bits per heavy atom. The summed E-state index contributed by atoms with van der Waals surface area (Å²) in [4.78, 5) is 24.8. The molecule has 1 aromatic heterocycles. The van der Waals surface area contributed by atoms with Crippen molar-refractivity contribution in [2.45, 2.75) is 19.7 Å². The molecule has 10 heteroatoms. The average Bonchev–Trinajstić information content (AvgIpc) is 2.73. The predicted octanol–water partition coefficient (Wildman–Crippen LogP) is 4.15. The number of halogens is 4. The van der Waals surface area contributed by atoms with Crippen molar-refractivity contribution in [1.82, 2.24) is 9.78 Å². The fourth-order valence-electron chi connectivity index (χ4n) is 2.66. The number of alkyl halides is 3. The SMILES string of the molecule is CCOC(=O)c1nn(-c2ccc(F)cc2)c(=O)cc1OCc1cccc(C(F)(F)F)c1. The number of hydrogen-bond acceptors (Lipinski definition) is 5. The number of carbonyl (C=O) groups excluding carboxylic acids is 1. The number of hydrogen-bond donors (Lipinski definition) is 0. The van der Waals surface area contributed by atoms with Gasteiger partial charge < -0.3 is 9.47 Å². The van der Waals surface area contributed by atoms with Gasteiger partial charge in [0, 0.05) is 0 Å². The molecule has 6 nitrogen and oxygen atoms in total. The number of benzene rings is 2. The van der Waals surface area contributed by atoms with Gasteiger partial charge in [-0.2, -0.15) is 23.0 Å². The smallest absolute Gasteiger partial charge is 0.416 e. The third-order valence-corrected chi connectivity index (χ3v) is 4.09. The van der Waals surface area contributed by atoms with Gasteiger partial charge in [0.05, 0.1) is 23.9 Å². The van der Waals surface area contributed by atoms with E-state index in [1.54, 1.807) is 6.92 Å². The van der Waals surface area contributed by atoms with Crippen molar-refractivity contribution in [3.63, 3.8) is 0 Å². The molecule has 2 aromatic carbocycles. The summed E-state index contributed by atoms with van der Waals surface area (Å²) in [7, 11) is 0. The van der Waals surface area contributed by atoms with Gasteiger partial charge in [0.1, 0.15) is 12.4 Å². The maximum absolute atomic E-state index is 13.2. The minimum absolute atomic E-state index is 0.0171. The first-order valence-electron chi connectivity index (χ1n) is 9.05. The fourth-order valence-corrected chi connectivity index (χ4v) is 2.66. The highest BCUT2D eigenvalue weighted by atomic mass is 19.4. The second kappa shape index (κ2) is 8.99. The largest absolute Gasteiger partial charge is 0.486 e. The molecule has 0 saturated heterocycles. The van der Waals surface area contributed by atoms with E-state index in [0.29, 0.717) is 0 Å². The second-order valence-corrected chi connectivity index (χ2v) is 6.29. The van der Waals surface area contributed by atoms with Crippen LogP contribution in [0, 0.1) is 5.82 Å². The van der Waals surface area contributed by atoms with Crippen molar-refractivity contribution in [1.29, 1.82) is 0 Å². The van der Waals surface area contributed by atoms with E-state index in [4.69, 9.17) is 9.47 Å². The predicted molar refractivity (Wildman–Crippen MR) is 102 cm³/mol. The zero-order chi connectivity index (χ0) is 22.6. The van der Waals surface area contributed by atoms with Gasteiger partial charge in [-0.05, 0) is 48.9 Å². The zero-order valence-electron chi connectivity index (χ0n) is 16.1. The van der Waals surface area contributed by atoms with Gasteiger partial charge in [-0.3, -0.25) is 4.79 Å². The highest BCUT2D eigenvalue weighted by Gasteiger charge is 2.30. The van der Waals surface area contributed by atoms with Crippen LogP contribution in [-0.2, 0) is 17.5 Å². The van der Waals surface area contributed by atoms with Crippen LogP contribution in [0.1, 0.15) is 28.5 Å². The summed E-state index contributed by atoms with van der Waals surface area (Å²) >= 11 is 0. The molecule has 0 radical (unpaired) electrons. The molecule has 0 amide bonds. The lowest BCUT2D eigenvalue weighted by Crippen LogP contribution is -2.25. The number of nitrogens with zero attached hydrogens (tertiary/aromatic N) is 2. The van der Waals surface area contributed by atoms with Gasteiger partial charge in [-0.25, -0.2) is 9.18 Å². The van der Waals surface area contributed by atoms with Gasteiger partial charge in [0.15, 0.2) is 5.75 Å². The normalized spacial score (nSPS) is 11.3. The summed E-state index contributed by atoms with van der Waals surface area (Å²) < 4.78 is 63.1. The molecule has 3 aromatic rings. The molecule has 0 N–H and O–H groups in total. The Balaban J connectivity index is 1.96. The van der Waals surface area contributed by atoms with Crippen LogP contribution >= 0.6 is 0 Å². The van der Waals surface area contributed by atoms with Gasteiger partial charge >= 0.3 is 12.1 Å². The molecule has 0 aliphatic heterocycles. The van der Waals surface area contributed by atoms with Crippen LogP contribution in [0.5, 0.6) is 5.75 Å². The summed E-state index contributed by atoms with van der Waals surface area (Å²) in [6, 6.07) is 10.2. The molecule has 0 unspecified atom stereocenters. The molecule has 0 saturated carbocycles. The molecule has 0 spiro atoms. The monoisotopic (exact) mass is 436 g/mol. The summed E-state index contributed by atoms with van der Waals surface area (Å²) in [5.41, 5.74) is -1.53. The molecule has 0 aliphatic carbocycles. The van der Waals surface area contributed by atoms with Crippen LogP contribution in [0.15, 0.2) is 59.4 Å². The van der Waals surface area contributed by atoms with E-state index in [9.17, 15) is 27.2 Å². The molecular weight excluding hydrogens is 420 g/mol. The van der Waals surface area contributed by atoms with Crippen LogP contribution in [0.25, 0.3) is 5.69 Å². The molecule has 1 heterocycles. The van der Waals surface area contributed by atoms with E-state index in [0.717, 1.165) is 35.0 Å². The van der Waals surface area contributed by atoms with E-state index in [1.165, 1.54) is 24.3 Å².